The van der Waals surface area contributed by atoms with E-state index < -0.39 is 0 Å². The normalized spacial score (nSPS) is 9.93. The molecule has 2 heterocycles. The second-order valence-electron chi connectivity index (χ2n) is 2.70. The molecule has 4 N–H and O–H groups in total. The van der Waals surface area contributed by atoms with Gasteiger partial charge in [0.25, 0.3) is 0 Å². The van der Waals surface area contributed by atoms with E-state index in [1.54, 1.807) is 13.2 Å². The zero-order valence-corrected chi connectivity index (χ0v) is 8.88. The van der Waals surface area contributed by atoms with E-state index in [1.807, 2.05) is 5.38 Å². The highest BCUT2D eigenvalue weighted by molar-refractivity contribution is 7.13. The maximum absolute atomic E-state index is 5.84. The van der Waals surface area contributed by atoms with Crippen molar-refractivity contribution in [2.75, 3.05) is 23.4 Å². The Kier molecular flexibility index (Phi) is 2.64. The monoisotopic (exact) mass is 222 g/mol. The Bertz CT molecular complexity index is 440. The van der Waals surface area contributed by atoms with Crippen molar-refractivity contribution in [1.82, 2.24) is 15.0 Å². The third-order valence-electron chi connectivity index (χ3n) is 1.78. The van der Waals surface area contributed by atoms with Crippen LogP contribution in [0.1, 0.15) is 0 Å². The summed E-state index contributed by atoms with van der Waals surface area (Å²) < 4.78 is 0. The highest BCUT2D eigenvalue weighted by atomic mass is 32.1. The van der Waals surface area contributed by atoms with E-state index in [2.05, 4.69) is 25.6 Å². The van der Waals surface area contributed by atoms with Crippen LogP contribution in [-0.2, 0) is 0 Å². The van der Waals surface area contributed by atoms with Gasteiger partial charge in [-0.1, -0.05) is 0 Å². The van der Waals surface area contributed by atoms with Gasteiger partial charge in [0.1, 0.15) is 12.0 Å². The lowest BCUT2D eigenvalue weighted by molar-refractivity contribution is 1.16. The minimum Gasteiger partial charge on any atom is -0.393 e. The first kappa shape index (κ1) is 9.66. The quantitative estimate of drug-likeness (QED) is 0.725. The summed E-state index contributed by atoms with van der Waals surface area (Å²) in [5.74, 6) is 1.16. The fraction of sp³-hybridized carbons (Fsp3) is 0.125. The molecule has 6 nitrogen and oxygen atoms in total. The van der Waals surface area contributed by atoms with Crippen molar-refractivity contribution in [3.05, 3.63) is 17.9 Å². The molecule has 0 radical (unpaired) electrons. The van der Waals surface area contributed by atoms with Gasteiger partial charge in [-0.3, -0.25) is 0 Å². The van der Waals surface area contributed by atoms with Crippen molar-refractivity contribution in [1.29, 1.82) is 0 Å². The average Bonchev–Trinajstić information content (AvgIpc) is 2.74. The Morgan fingerprint density at radius 1 is 1.27 bits per heavy atom. The fourth-order valence-corrected chi connectivity index (χ4v) is 1.61. The van der Waals surface area contributed by atoms with Crippen molar-refractivity contribution in [3.8, 4) is 0 Å². The van der Waals surface area contributed by atoms with Gasteiger partial charge in [0, 0.05) is 18.6 Å². The fourth-order valence-electron chi connectivity index (χ4n) is 1.08. The molecular weight excluding hydrogens is 212 g/mol. The molecule has 2 aromatic heterocycles. The van der Waals surface area contributed by atoms with E-state index in [9.17, 15) is 0 Å². The SMILES string of the molecule is CNc1ncnc(Nc2nccs2)c1N. The lowest BCUT2D eigenvalue weighted by Gasteiger charge is -2.08. The van der Waals surface area contributed by atoms with E-state index in [1.165, 1.54) is 17.7 Å². The van der Waals surface area contributed by atoms with Gasteiger partial charge in [0.15, 0.2) is 16.8 Å². The molecule has 2 rings (SSSR count). The smallest absolute Gasteiger partial charge is 0.188 e. The van der Waals surface area contributed by atoms with Crippen molar-refractivity contribution < 1.29 is 0 Å². The Hall–Kier alpha value is -1.89. The molecule has 0 saturated carbocycles. The highest BCUT2D eigenvalue weighted by Gasteiger charge is 2.07. The molecule has 0 fully saturated rings. The molecule has 0 unspecified atom stereocenters. The van der Waals surface area contributed by atoms with Crippen LogP contribution >= 0.6 is 11.3 Å². The molecule has 15 heavy (non-hydrogen) atoms. The summed E-state index contributed by atoms with van der Waals surface area (Å²) >= 11 is 1.48. The minimum absolute atomic E-state index is 0.482. The molecule has 0 saturated heterocycles. The summed E-state index contributed by atoms with van der Waals surface area (Å²) in [7, 11) is 1.76. The van der Waals surface area contributed by atoms with Crippen LogP contribution in [-0.4, -0.2) is 22.0 Å². The third-order valence-corrected chi connectivity index (χ3v) is 2.47. The summed E-state index contributed by atoms with van der Waals surface area (Å²) in [6.45, 7) is 0. The summed E-state index contributed by atoms with van der Waals surface area (Å²) in [4.78, 5) is 12.1. The number of rotatable bonds is 3. The van der Waals surface area contributed by atoms with Crippen molar-refractivity contribution in [3.63, 3.8) is 0 Å². The molecular formula is C8H10N6S. The molecule has 0 amide bonds. The lowest BCUT2D eigenvalue weighted by atomic mass is 10.4. The number of anilines is 4. The number of nitrogen functional groups attached to an aromatic ring is 1. The summed E-state index contributed by atoms with van der Waals surface area (Å²) in [6.07, 6.45) is 3.15. The Morgan fingerprint density at radius 3 is 2.73 bits per heavy atom. The number of hydrogen-bond acceptors (Lipinski definition) is 7. The van der Waals surface area contributed by atoms with Crippen molar-refractivity contribution in [2.45, 2.75) is 0 Å². The molecule has 0 aromatic carbocycles. The highest BCUT2D eigenvalue weighted by Crippen LogP contribution is 2.25. The van der Waals surface area contributed by atoms with Crippen molar-refractivity contribution >= 4 is 33.8 Å². The first-order chi connectivity index (χ1) is 7.31. The predicted octanol–water partition coefficient (Wildman–Crippen LogP) is 1.30. The van der Waals surface area contributed by atoms with Gasteiger partial charge in [0.05, 0.1) is 0 Å². The van der Waals surface area contributed by atoms with Gasteiger partial charge >= 0.3 is 0 Å². The maximum atomic E-state index is 5.84. The Morgan fingerprint density at radius 2 is 2.07 bits per heavy atom. The van der Waals surface area contributed by atoms with Crippen LogP contribution in [0.2, 0.25) is 0 Å². The van der Waals surface area contributed by atoms with Gasteiger partial charge in [-0.25, -0.2) is 15.0 Å². The van der Waals surface area contributed by atoms with Crippen molar-refractivity contribution in [2.24, 2.45) is 0 Å². The topological polar surface area (TPSA) is 88.8 Å². The largest absolute Gasteiger partial charge is 0.393 e. The molecule has 0 aliphatic heterocycles. The molecule has 78 valence electrons. The number of nitrogens with two attached hydrogens (primary N) is 1. The number of nitrogens with one attached hydrogen (secondary N) is 2. The second kappa shape index (κ2) is 4.09. The number of nitrogens with zero attached hydrogens (tertiary/aromatic N) is 3. The van der Waals surface area contributed by atoms with Crippen LogP contribution in [0.25, 0.3) is 0 Å². The van der Waals surface area contributed by atoms with E-state index in [4.69, 9.17) is 5.73 Å². The van der Waals surface area contributed by atoms with Crippen LogP contribution in [0, 0.1) is 0 Å². The summed E-state index contributed by atoms with van der Waals surface area (Å²) in [5.41, 5.74) is 6.32. The van der Waals surface area contributed by atoms with E-state index >= 15 is 0 Å². The van der Waals surface area contributed by atoms with E-state index in [-0.39, 0.29) is 0 Å². The third kappa shape index (κ3) is 1.96. The average molecular weight is 222 g/mol. The van der Waals surface area contributed by atoms with Gasteiger partial charge in [-0.15, -0.1) is 11.3 Å². The number of aromatic nitrogens is 3. The zero-order valence-electron chi connectivity index (χ0n) is 8.06. The Balaban J connectivity index is 2.29. The number of thiazole rings is 1. The van der Waals surface area contributed by atoms with Crippen LogP contribution in [0.4, 0.5) is 22.5 Å². The maximum Gasteiger partial charge on any atom is 0.188 e. The summed E-state index contributed by atoms with van der Waals surface area (Å²) in [6, 6.07) is 0. The zero-order chi connectivity index (χ0) is 10.7. The molecule has 7 heteroatoms. The summed E-state index contributed by atoms with van der Waals surface area (Å²) in [5, 5.41) is 8.53. The predicted molar refractivity (Wildman–Crippen MR) is 61.4 cm³/mol. The first-order valence-corrected chi connectivity index (χ1v) is 5.14. The molecule has 0 bridgehead atoms. The van der Waals surface area contributed by atoms with Crippen LogP contribution in [0.15, 0.2) is 17.9 Å². The van der Waals surface area contributed by atoms with Gasteiger partial charge in [0.2, 0.25) is 0 Å². The van der Waals surface area contributed by atoms with Gasteiger partial charge < -0.3 is 16.4 Å². The molecule has 2 aromatic rings. The molecule has 0 aliphatic rings. The Labute approximate surface area is 90.6 Å². The van der Waals surface area contributed by atoms with Gasteiger partial charge in [-0.05, 0) is 0 Å². The van der Waals surface area contributed by atoms with Crippen LogP contribution in [0.3, 0.4) is 0 Å². The van der Waals surface area contributed by atoms with E-state index in [0.29, 0.717) is 17.3 Å². The van der Waals surface area contributed by atoms with Gasteiger partial charge in [-0.2, -0.15) is 0 Å². The molecule has 0 atom stereocenters. The second-order valence-corrected chi connectivity index (χ2v) is 3.59. The molecule has 0 aliphatic carbocycles. The molecule has 0 spiro atoms. The lowest BCUT2D eigenvalue weighted by Crippen LogP contribution is -2.04. The standard InChI is InChI=1S/C8H10N6S/c1-10-6-5(9)7(13-4-12-6)14-8-11-2-3-15-8/h2-4H,9H2,1H3,(H2,10,11,12,13,14). The number of hydrogen-bond donors (Lipinski definition) is 3. The van der Waals surface area contributed by atoms with E-state index in [0.717, 1.165) is 5.13 Å². The van der Waals surface area contributed by atoms with Crippen LogP contribution < -0.4 is 16.4 Å². The minimum atomic E-state index is 0.482. The first-order valence-electron chi connectivity index (χ1n) is 4.26. The van der Waals surface area contributed by atoms with Crippen LogP contribution in [0.5, 0.6) is 0 Å².